The molecule has 6 heteroatoms. The van der Waals surface area contributed by atoms with Gasteiger partial charge in [0.15, 0.2) is 5.78 Å². The van der Waals surface area contributed by atoms with Crippen LogP contribution >= 0.6 is 0 Å². The van der Waals surface area contributed by atoms with Gasteiger partial charge in [0.25, 0.3) is 0 Å². The Morgan fingerprint density at radius 3 is 2.74 bits per heavy atom. The van der Waals surface area contributed by atoms with Gasteiger partial charge in [0.05, 0.1) is 26.2 Å². The van der Waals surface area contributed by atoms with Crippen LogP contribution in [0.3, 0.4) is 0 Å². The Morgan fingerprint density at radius 2 is 2.09 bits per heavy atom. The first-order chi connectivity index (χ1) is 11.0. The van der Waals surface area contributed by atoms with Crippen molar-refractivity contribution in [3.05, 3.63) is 23.8 Å². The lowest BCUT2D eigenvalue weighted by molar-refractivity contribution is -0.138. The Morgan fingerprint density at radius 1 is 1.30 bits per heavy atom. The van der Waals surface area contributed by atoms with E-state index in [1.54, 1.807) is 25.3 Å². The fourth-order valence-electron chi connectivity index (χ4n) is 3.03. The van der Waals surface area contributed by atoms with Crippen LogP contribution in [-0.4, -0.2) is 55.1 Å². The Kier molecular flexibility index (Phi) is 5.98. The molecule has 1 fully saturated rings. The van der Waals surface area contributed by atoms with Crippen molar-refractivity contribution < 1.29 is 24.2 Å². The molecular formula is C17H23NO5. The highest BCUT2D eigenvalue weighted by molar-refractivity contribution is 5.99. The fraction of sp³-hybridized carbons (Fsp3) is 0.529. The average molecular weight is 321 g/mol. The summed E-state index contributed by atoms with van der Waals surface area (Å²) in [6.45, 7) is 1.43. The van der Waals surface area contributed by atoms with E-state index in [4.69, 9.17) is 14.6 Å². The van der Waals surface area contributed by atoms with Crippen molar-refractivity contribution >= 4 is 11.8 Å². The number of likely N-dealkylation sites (tertiary alicyclic amines) is 1. The van der Waals surface area contributed by atoms with E-state index in [9.17, 15) is 9.59 Å². The van der Waals surface area contributed by atoms with E-state index >= 15 is 0 Å². The van der Waals surface area contributed by atoms with Gasteiger partial charge in [-0.2, -0.15) is 0 Å². The second-order valence-corrected chi connectivity index (χ2v) is 5.67. The van der Waals surface area contributed by atoms with E-state index in [0.717, 1.165) is 19.4 Å². The van der Waals surface area contributed by atoms with Crippen LogP contribution in [0.5, 0.6) is 11.5 Å². The molecule has 2 rings (SSSR count). The third kappa shape index (κ3) is 4.45. The van der Waals surface area contributed by atoms with E-state index in [-0.39, 0.29) is 18.2 Å². The maximum absolute atomic E-state index is 12.4. The number of carboxylic acid groups (broad SMARTS) is 1. The molecule has 0 radical (unpaired) electrons. The molecule has 1 atom stereocenters. The largest absolute Gasteiger partial charge is 0.497 e. The highest BCUT2D eigenvalue weighted by Crippen LogP contribution is 2.26. The minimum atomic E-state index is -0.787. The number of rotatable bonds is 8. The molecule has 1 aromatic rings. The molecule has 0 spiro atoms. The molecular weight excluding hydrogens is 298 g/mol. The lowest BCUT2D eigenvalue weighted by Gasteiger charge is -2.22. The number of benzene rings is 1. The number of nitrogens with zero attached hydrogens (tertiary/aromatic N) is 1. The Bertz CT molecular complexity index is 572. The molecule has 0 bridgehead atoms. The van der Waals surface area contributed by atoms with Crippen LogP contribution in [0.1, 0.15) is 36.0 Å². The Labute approximate surface area is 136 Å². The van der Waals surface area contributed by atoms with E-state index in [1.807, 2.05) is 0 Å². The molecule has 1 saturated heterocycles. The monoisotopic (exact) mass is 321 g/mol. The number of ether oxygens (including phenoxy) is 2. The summed E-state index contributed by atoms with van der Waals surface area (Å²) in [6, 6.07) is 5.17. The van der Waals surface area contributed by atoms with E-state index in [1.165, 1.54) is 7.11 Å². The fourth-order valence-corrected chi connectivity index (χ4v) is 3.03. The number of aliphatic carboxylic acids is 1. The van der Waals surface area contributed by atoms with Crippen molar-refractivity contribution in [1.82, 2.24) is 4.90 Å². The van der Waals surface area contributed by atoms with Gasteiger partial charge >= 0.3 is 5.97 Å². The first kappa shape index (κ1) is 17.3. The summed E-state index contributed by atoms with van der Waals surface area (Å²) < 4.78 is 10.4. The molecule has 1 aliphatic heterocycles. The standard InChI is InChI=1S/C17H23NO5/c1-22-13-5-6-14(16(11-13)23-2)15(19)7-9-18-8-3-4-12(18)10-17(20)21/h5-6,11-12H,3-4,7-10H2,1-2H3,(H,20,21). The molecule has 1 aromatic carbocycles. The molecule has 1 heterocycles. The number of ketones is 1. The summed E-state index contributed by atoms with van der Waals surface area (Å²) in [4.78, 5) is 25.4. The molecule has 0 aromatic heterocycles. The van der Waals surface area contributed by atoms with Crippen molar-refractivity contribution in [3.63, 3.8) is 0 Å². The van der Waals surface area contributed by atoms with Crippen LogP contribution in [0, 0.1) is 0 Å². The zero-order chi connectivity index (χ0) is 16.8. The number of hydrogen-bond acceptors (Lipinski definition) is 5. The topological polar surface area (TPSA) is 76.1 Å². The smallest absolute Gasteiger partial charge is 0.304 e. The van der Waals surface area contributed by atoms with Crippen molar-refractivity contribution in [2.45, 2.75) is 31.7 Å². The molecule has 1 N–H and O–H groups in total. The van der Waals surface area contributed by atoms with Gasteiger partial charge in [-0.3, -0.25) is 14.5 Å². The third-order valence-corrected chi connectivity index (χ3v) is 4.24. The number of carbonyl (C=O) groups is 2. The molecule has 6 nitrogen and oxygen atoms in total. The van der Waals surface area contributed by atoms with E-state index < -0.39 is 5.97 Å². The summed E-state index contributed by atoms with van der Waals surface area (Å²) in [6.07, 6.45) is 2.35. The highest BCUT2D eigenvalue weighted by atomic mass is 16.5. The normalized spacial score (nSPS) is 17.9. The molecule has 0 amide bonds. The van der Waals surface area contributed by atoms with Crippen LogP contribution in [0.2, 0.25) is 0 Å². The minimum Gasteiger partial charge on any atom is -0.497 e. The second-order valence-electron chi connectivity index (χ2n) is 5.67. The summed E-state index contributed by atoms with van der Waals surface area (Å²) in [5.74, 6) is 0.341. The van der Waals surface area contributed by atoms with Crippen LogP contribution in [0.4, 0.5) is 0 Å². The quantitative estimate of drug-likeness (QED) is 0.740. The molecule has 1 aliphatic rings. The van der Waals surface area contributed by atoms with Crippen molar-refractivity contribution in [2.24, 2.45) is 0 Å². The zero-order valence-corrected chi connectivity index (χ0v) is 13.6. The van der Waals surface area contributed by atoms with Crippen molar-refractivity contribution in [2.75, 3.05) is 27.3 Å². The molecule has 0 saturated carbocycles. The SMILES string of the molecule is COc1ccc(C(=O)CCN2CCCC2CC(=O)O)c(OC)c1. The second kappa shape index (κ2) is 7.97. The lowest BCUT2D eigenvalue weighted by atomic mass is 10.1. The minimum absolute atomic E-state index is 0.00882. The summed E-state index contributed by atoms with van der Waals surface area (Å²) >= 11 is 0. The van der Waals surface area contributed by atoms with Crippen LogP contribution in [0.25, 0.3) is 0 Å². The van der Waals surface area contributed by atoms with Gasteiger partial charge in [0, 0.05) is 25.1 Å². The van der Waals surface area contributed by atoms with Gasteiger partial charge in [0.1, 0.15) is 11.5 Å². The number of methoxy groups -OCH3 is 2. The lowest BCUT2D eigenvalue weighted by Crippen LogP contribution is -2.33. The van der Waals surface area contributed by atoms with Gasteiger partial charge in [0.2, 0.25) is 0 Å². The van der Waals surface area contributed by atoms with Gasteiger partial charge in [-0.05, 0) is 31.5 Å². The van der Waals surface area contributed by atoms with Gasteiger partial charge < -0.3 is 14.6 Å². The first-order valence-corrected chi connectivity index (χ1v) is 7.76. The average Bonchev–Trinajstić information content (AvgIpc) is 2.98. The maximum atomic E-state index is 12.4. The van der Waals surface area contributed by atoms with E-state index in [2.05, 4.69) is 4.90 Å². The number of carbonyl (C=O) groups excluding carboxylic acids is 1. The molecule has 126 valence electrons. The predicted molar refractivity (Wildman–Crippen MR) is 85.3 cm³/mol. The summed E-state index contributed by atoms with van der Waals surface area (Å²) in [5.41, 5.74) is 0.530. The van der Waals surface area contributed by atoms with E-state index in [0.29, 0.717) is 30.0 Å². The Hall–Kier alpha value is -2.08. The van der Waals surface area contributed by atoms with Crippen LogP contribution in [0.15, 0.2) is 18.2 Å². The number of Topliss-reactive ketones (excluding diaryl/α,β-unsaturated/α-hetero) is 1. The zero-order valence-electron chi connectivity index (χ0n) is 13.6. The van der Waals surface area contributed by atoms with Crippen LogP contribution < -0.4 is 9.47 Å². The Balaban J connectivity index is 1.98. The van der Waals surface area contributed by atoms with Gasteiger partial charge in [-0.1, -0.05) is 0 Å². The van der Waals surface area contributed by atoms with Gasteiger partial charge in [-0.25, -0.2) is 0 Å². The van der Waals surface area contributed by atoms with Crippen molar-refractivity contribution in [1.29, 1.82) is 0 Å². The third-order valence-electron chi connectivity index (χ3n) is 4.24. The highest BCUT2D eigenvalue weighted by Gasteiger charge is 2.27. The number of hydrogen-bond donors (Lipinski definition) is 1. The summed E-state index contributed by atoms with van der Waals surface area (Å²) in [5, 5.41) is 8.94. The van der Waals surface area contributed by atoms with Crippen LogP contribution in [-0.2, 0) is 4.79 Å². The first-order valence-electron chi connectivity index (χ1n) is 7.76. The van der Waals surface area contributed by atoms with Gasteiger partial charge in [-0.15, -0.1) is 0 Å². The number of carboxylic acids is 1. The molecule has 0 aliphatic carbocycles. The predicted octanol–water partition coefficient (Wildman–Crippen LogP) is 2.22. The maximum Gasteiger partial charge on any atom is 0.304 e. The summed E-state index contributed by atoms with van der Waals surface area (Å²) in [7, 11) is 3.08. The molecule has 1 unspecified atom stereocenters. The van der Waals surface area contributed by atoms with Crippen molar-refractivity contribution in [3.8, 4) is 11.5 Å². The molecule has 23 heavy (non-hydrogen) atoms.